The van der Waals surface area contributed by atoms with E-state index in [0.29, 0.717) is 29.0 Å². The first-order valence-corrected chi connectivity index (χ1v) is 13.2. The number of benzene rings is 2. The Morgan fingerprint density at radius 3 is 2.41 bits per heavy atom. The molecule has 4 aromatic rings. The zero-order valence-corrected chi connectivity index (χ0v) is 21.1. The number of aromatic nitrogens is 3. The van der Waals surface area contributed by atoms with Crippen LogP contribution < -0.4 is 11.1 Å². The van der Waals surface area contributed by atoms with Crippen molar-refractivity contribution in [3.63, 3.8) is 0 Å². The van der Waals surface area contributed by atoms with E-state index >= 15 is 0 Å². The summed E-state index contributed by atoms with van der Waals surface area (Å²) in [6.45, 7) is 0. The van der Waals surface area contributed by atoms with Gasteiger partial charge in [-0.3, -0.25) is 19.1 Å². The topological polar surface area (TPSA) is 157 Å². The van der Waals surface area contributed by atoms with Crippen LogP contribution in [0.4, 0.5) is 5.69 Å². The summed E-state index contributed by atoms with van der Waals surface area (Å²) in [7, 11) is -3.67. The standard InChI is InChI=1S/C24H18ClN5O2.CH4O3S/c25-20-4-2-1-3-17(20)24(32)28-15-7-5-14-6-8-18-21(23(26)31)29-30(22(18)19(14)13-15)16-9-11-27-12-10-16;1-5(2,3)4/h1-5,7,9-13H,6,8H2,(H2,26,31)(H,28,32);1H3,(H,2,3,4). The molecule has 0 saturated heterocycles. The Bertz CT molecular complexity index is 1600. The van der Waals surface area contributed by atoms with Gasteiger partial charge in [-0.25, -0.2) is 4.68 Å². The van der Waals surface area contributed by atoms with Crippen molar-refractivity contribution >= 4 is 39.2 Å². The lowest BCUT2D eigenvalue weighted by Crippen LogP contribution is -2.15. The highest BCUT2D eigenvalue weighted by atomic mass is 35.5. The quantitative estimate of drug-likeness (QED) is 0.335. The Morgan fingerprint density at radius 2 is 1.76 bits per heavy atom. The highest BCUT2D eigenvalue weighted by Gasteiger charge is 2.28. The Hall–Kier alpha value is -4.06. The molecule has 0 bridgehead atoms. The van der Waals surface area contributed by atoms with Crippen LogP contribution in [0.25, 0.3) is 16.9 Å². The summed E-state index contributed by atoms with van der Waals surface area (Å²) in [4.78, 5) is 28.9. The molecule has 10 nitrogen and oxygen atoms in total. The molecule has 0 saturated carbocycles. The maximum Gasteiger partial charge on any atom is 0.269 e. The van der Waals surface area contributed by atoms with Crippen molar-refractivity contribution in [1.29, 1.82) is 0 Å². The molecule has 0 aliphatic heterocycles. The number of aryl methyl sites for hydroxylation is 1. The van der Waals surface area contributed by atoms with Crippen LogP contribution in [0.2, 0.25) is 5.02 Å². The molecule has 1 aliphatic rings. The van der Waals surface area contributed by atoms with Crippen molar-refractivity contribution in [3.8, 4) is 16.9 Å². The zero-order valence-electron chi connectivity index (χ0n) is 19.6. The van der Waals surface area contributed by atoms with Crippen LogP contribution in [0.1, 0.15) is 32.0 Å². The van der Waals surface area contributed by atoms with Crippen LogP contribution in [0.15, 0.2) is 67.0 Å². The molecular weight excluding hydrogens is 518 g/mol. The fourth-order valence-electron chi connectivity index (χ4n) is 4.03. The van der Waals surface area contributed by atoms with E-state index in [4.69, 9.17) is 21.9 Å². The van der Waals surface area contributed by atoms with Gasteiger partial charge >= 0.3 is 0 Å². The molecular formula is C25H22ClN5O5S. The Morgan fingerprint density at radius 1 is 1.08 bits per heavy atom. The van der Waals surface area contributed by atoms with Crippen LogP contribution in [0.3, 0.4) is 0 Å². The number of nitrogens with two attached hydrogens (primary N) is 1. The predicted octanol–water partition coefficient (Wildman–Crippen LogP) is 3.54. The lowest BCUT2D eigenvalue weighted by atomic mass is 9.88. The highest BCUT2D eigenvalue weighted by molar-refractivity contribution is 7.85. The maximum absolute atomic E-state index is 12.7. The third-order valence-electron chi connectivity index (χ3n) is 5.51. The van der Waals surface area contributed by atoms with E-state index in [1.165, 1.54) is 0 Å². The van der Waals surface area contributed by atoms with Crippen LogP contribution in [0, 0.1) is 0 Å². The zero-order chi connectivity index (χ0) is 26.7. The molecule has 2 amide bonds. The van der Waals surface area contributed by atoms with E-state index < -0.39 is 16.0 Å². The lowest BCUT2D eigenvalue weighted by Gasteiger charge is -2.20. The summed E-state index contributed by atoms with van der Waals surface area (Å²) in [5.74, 6) is -0.868. The molecule has 4 N–H and O–H groups in total. The second-order valence-corrected chi connectivity index (χ2v) is 10.1. The maximum atomic E-state index is 12.7. The summed E-state index contributed by atoms with van der Waals surface area (Å²) in [6, 6.07) is 16.3. The number of nitrogens with one attached hydrogen (secondary N) is 1. The van der Waals surface area contributed by atoms with E-state index in [-0.39, 0.29) is 11.6 Å². The van der Waals surface area contributed by atoms with Gasteiger partial charge < -0.3 is 11.1 Å². The fraction of sp³-hybridized carbons (Fsp3) is 0.120. The fourth-order valence-corrected chi connectivity index (χ4v) is 4.25. The van der Waals surface area contributed by atoms with Crippen LogP contribution >= 0.6 is 11.6 Å². The van der Waals surface area contributed by atoms with Crippen LogP contribution in [-0.4, -0.2) is 45.8 Å². The van der Waals surface area contributed by atoms with Gasteiger partial charge in [-0.15, -0.1) is 0 Å². The number of amides is 2. The predicted molar refractivity (Wildman–Crippen MR) is 140 cm³/mol. The van der Waals surface area contributed by atoms with E-state index in [2.05, 4.69) is 15.4 Å². The lowest BCUT2D eigenvalue weighted by molar-refractivity contribution is 0.0992. The van der Waals surface area contributed by atoms with E-state index in [9.17, 15) is 18.0 Å². The number of fused-ring (bicyclic) bond motifs is 3. The van der Waals surface area contributed by atoms with Gasteiger partial charge in [-0.2, -0.15) is 13.5 Å². The Balaban J connectivity index is 0.000000586. The van der Waals surface area contributed by atoms with Gasteiger partial charge in [0.25, 0.3) is 21.9 Å². The molecule has 37 heavy (non-hydrogen) atoms. The van der Waals surface area contributed by atoms with Crippen molar-refractivity contribution in [3.05, 3.63) is 94.4 Å². The SMILES string of the molecule is CS(=O)(=O)O.NC(=O)c1nn(-c2ccncc2)c2c1CCc1ccc(NC(=O)c3ccccc3Cl)cc1-2. The molecule has 1 aliphatic carbocycles. The summed E-state index contributed by atoms with van der Waals surface area (Å²) in [5.41, 5.74) is 11.2. The van der Waals surface area contributed by atoms with Crippen molar-refractivity contribution in [2.45, 2.75) is 12.8 Å². The number of rotatable bonds is 4. The molecule has 2 aromatic heterocycles. The molecule has 0 fully saturated rings. The molecule has 0 atom stereocenters. The van der Waals surface area contributed by atoms with Crippen molar-refractivity contribution in [2.75, 3.05) is 11.6 Å². The third kappa shape index (κ3) is 6.02. The number of nitrogens with zero attached hydrogens (tertiary/aromatic N) is 3. The minimum atomic E-state index is -3.67. The van der Waals surface area contributed by atoms with E-state index in [0.717, 1.165) is 34.5 Å². The van der Waals surface area contributed by atoms with E-state index in [1.807, 2.05) is 30.3 Å². The molecule has 0 spiro atoms. The second kappa shape index (κ2) is 10.5. The minimum absolute atomic E-state index is 0.257. The third-order valence-corrected chi connectivity index (χ3v) is 5.84. The van der Waals surface area contributed by atoms with E-state index in [1.54, 1.807) is 41.3 Å². The number of hydrogen-bond acceptors (Lipinski definition) is 6. The molecule has 5 rings (SSSR count). The first-order valence-electron chi connectivity index (χ1n) is 11.0. The number of carbonyl (C=O) groups excluding carboxylic acids is 2. The van der Waals surface area contributed by atoms with Crippen molar-refractivity contribution in [2.24, 2.45) is 5.73 Å². The van der Waals surface area contributed by atoms with Crippen LogP contribution in [0.5, 0.6) is 0 Å². The van der Waals surface area contributed by atoms with Crippen molar-refractivity contribution in [1.82, 2.24) is 14.8 Å². The monoisotopic (exact) mass is 539 g/mol. The largest absolute Gasteiger partial charge is 0.364 e. The molecule has 2 aromatic carbocycles. The average Bonchev–Trinajstić information content (AvgIpc) is 3.24. The number of pyridine rings is 1. The summed E-state index contributed by atoms with van der Waals surface area (Å²) in [6.07, 6.45) is 5.43. The Labute approximate surface area is 217 Å². The number of hydrogen-bond donors (Lipinski definition) is 3. The van der Waals surface area contributed by atoms with Gasteiger partial charge in [0, 0.05) is 29.2 Å². The first kappa shape index (κ1) is 26.0. The summed E-state index contributed by atoms with van der Waals surface area (Å²) in [5, 5.41) is 7.82. The van der Waals surface area contributed by atoms with Gasteiger partial charge in [0.2, 0.25) is 0 Å². The molecule has 2 heterocycles. The second-order valence-electron chi connectivity index (χ2n) is 8.20. The minimum Gasteiger partial charge on any atom is -0.364 e. The summed E-state index contributed by atoms with van der Waals surface area (Å²) < 4.78 is 27.6. The van der Waals surface area contributed by atoms with Crippen LogP contribution in [-0.2, 0) is 23.0 Å². The van der Waals surface area contributed by atoms with Gasteiger partial charge in [-0.05, 0) is 54.8 Å². The van der Waals surface area contributed by atoms with Gasteiger partial charge in [0.15, 0.2) is 5.69 Å². The molecule has 12 heteroatoms. The van der Waals surface area contributed by atoms with Crippen molar-refractivity contribution < 1.29 is 22.6 Å². The first-order chi connectivity index (χ1) is 17.5. The molecule has 0 radical (unpaired) electrons. The Kier molecular flexibility index (Phi) is 7.39. The highest BCUT2D eigenvalue weighted by Crippen LogP contribution is 2.38. The molecule has 0 unspecified atom stereocenters. The molecule has 190 valence electrons. The number of halogens is 1. The normalized spacial score (nSPS) is 12.0. The number of carbonyl (C=O) groups is 2. The van der Waals surface area contributed by atoms with Gasteiger partial charge in [0.05, 0.1) is 28.2 Å². The number of primary amides is 1. The summed E-state index contributed by atoms with van der Waals surface area (Å²) >= 11 is 6.17. The average molecular weight is 540 g/mol. The smallest absolute Gasteiger partial charge is 0.269 e. The van der Waals surface area contributed by atoms with Gasteiger partial charge in [-0.1, -0.05) is 29.8 Å². The number of anilines is 1. The van der Waals surface area contributed by atoms with Gasteiger partial charge in [0.1, 0.15) is 0 Å².